The lowest BCUT2D eigenvalue weighted by molar-refractivity contribution is 0.614. The zero-order chi connectivity index (χ0) is 14.2. The third kappa shape index (κ3) is 4.65. The van der Waals surface area contributed by atoms with Gasteiger partial charge in [0, 0.05) is 15.9 Å². The Morgan fingerprint density at radius 3 is 2.45 bits per heavy atom. The molecule has 2 aromatic carbocycles. The minimum Gasteiger partial charge on any atom is -0.319 e. The van der Waals surface area contributed by atoms with E-state index < -0.39 is 0 Å². The lowest BCUT2D eigenvalue weighted by Crippen LogP contribution is -2.18. The second-order valence-electron chi connectivity index (χ2n) is 4.73. The smallest absolute Gasteiger partial charge is 0.0210 e. The lowest BCUT2D eigenvalue weighted by Gasteiger charge is -2.18. The molecule has 0 radical (unpaired) electrons. The zero-order valence-electron chi connectivity index (χ0n) is 11.7. The maximum absolute atomic E-state index is 3.67. The van der Waals surface area contributed by atoms with E-state index in [1.54, 1.807) is 0 Å². The van der Waals surface area contributed by atoms with E-state index in [4.69, 9.17) is 0 Å². The Balaban J connectivity index is 1.95. The molecular weight excluding hydrogens is 330 g/mol. The SMILES string of the molecule is CNCC(CCSc1ccccc1)c1ccccc1Br. The predicted molar refractivity (Wildman–Crippen MR) is 92.6 cm³/mol. The van der Waals surface area contributed by atoms with Crippen molar-refractivity contribution in [2.45, 2.75) is 17.2 Å². The first-order valence-corrected chi connectivity index (χ1v) is 8.66. The molecular formula is C17H20BrNS. The van der Waals surface area contributed by atoms with Gasteiger partial charge < -0.3 is 5.32 Å². The molecule has 1 atom stereocenters. The van der Waals surface area contributed by atoms with Crippen LogP contribution < -0.4 is 5.32 Å². The number of likely N-dealkylation sites (N-methyl/N-ethyl adjacent to an activating group) is 1. The van der Waals surface area contributed by atoms with Crippen molar-refractivity contribution in [3.05, 3.63) is 64.6 Å². The lowest BCUT2D eigenvalue weighted by atomic mass is 9.96. The fraction of sp³-hybridized carbons (Fsp3) is 0.294. The zero-order valence-corrected chi connectivity index (χ0v) is 14.1. The van der Waals surface area contributed by atoms with E-state index in [0.29, 0.717) is 5.92 Å². The van der Waals surface area contributed by atoms with Gasteiger partial charge in [0.15, 0.2) is 0 Å². The van der Waals surface area contributed by atoms with Crippen LogP contribution in [0.5, 0.6) is 0 Å². The molecule has 2 aromatic rings. The standard InChI is InChI=1S/C17H20BrNS/c1-19-13-14(16-9-5-6-10-17(16)18)11-12-20-15-7-3-2-4-8-15/h2-10,14,19H,11-13H2,1H3. The minimum atomic E-state index is 0.548. The number of benzene rings is 2. The van der Waals surface area contributed by atoms with Crippen LogP contribution in [0.3, 0.4) is 0 Å². The molecule has 1 nitrogen and oxygen atoms in total. The van der Waals surface area contributed by atoms with Crippen LogP contribution in [0.25, 0.3) is 0 Å². The van der Waals surface area contributed by atoms with E-state index in [9.17, 15) is 0 Å². The summed E-state index contributed by atoms with van der Waals surface area (Å²) in [4.78, 5) is 1.35. The molecule has 0 bridgehead atoms. The highest BCUT2D eigenvalue weighted by atomic mass is 79.9. The van der Waals surface area contributed by atoms with Crippen molar-refractivity contribution in [3.8, 4) is 0 Å². The Labute approximate surface area is 134 Å². The van der Waals surface area contributed by atoms with Crippen LogP contribution in [-0.2, 0) is 0 Å². The fourth-order valence-electron chi connectivity index (χ4n) is 2.26. The van der Waals surface area contributed by atoms with Crippen molar-refractivity contribution < 1.29 is 0 Å². The molecule has 0 saturated carbocycles. The second kappa shape index (κ2) is 8.50. The van der Waals surface area contributed by atoms with Crippen molar-refractivity contribution in [2.24, 2.45) is 0 Å². The van der Waals surface area contributed by atoms with E-state index in [1.807, 2.05) is 18.8 Å². The third-order valence-electron chi connectivity index (χ3n) is 3.27. The maximum Gasteiger partial charge on any atom is 0.0210 e. The van der Waals surface area contributed by atoms with Gasteiger partial charge in [-0.25, -0.2) is 0 Å². The summed E-state index contributed by atoms with van der Waals surface area (Å²) < 4.78 is 1.21. The van der Waals surface area contributed by atoms with E-state index in [-0.39, 0.29) is 0 Å². The van der Waals surface area contributed by atoms with Crippen molar-refractivity contribution in [2.75, 3.05) is 19.3 Å². The predicted octanol–water partition coefficient (Wildman–Crippen LogP) is 4.93. The number of halogens is 1. The van der Waals surface area contributed by atoms with Gasteiger partial charge in [-0.1, -0.05) is 52.3 Å². The number of hydrogen-bond donors (Lipinski definition) is 1. The topological polar surface area (TPSA) is 12.0 Å². The van der Waals surface area contributed by atoms with Crippen LogP contribution >= 0.6 is 27.7 Å². The molecule has 0 aliphatic heterocycles. The van der Waals surface area contributed by atoms with E-state index in [1.165, 1.54) is 21.4 Å². The quantitative estimate of drug-likeness (QED) is 0.711. The summed E-state index contributed by atoms with van der Waals surface area (Å²) >= 11 is 5.60. The Hall–Kier alpha value is -0.770. The molecule has 20 heavy (non-hydrogen) atoms. The molecule has 0 aliphatic carbocycles. The van der Waals surface area contributed by atoms with Gasteiger partial charge in [0.2, 0.25) is 0 Å². The van der Waals surface area contributed by atoms with Gasteiger partial charge in [-0.3, -0.25) is 0 Å². The molecule has 1 N–H and O–H groups in total. The second-order valence-corrected chi connectivity index (χ2v) is 6.75. The van der Waals surface area contributed by atoms with Crippen molar-refractivity contribution in [3.63, 3.8) is 0 Å². The molecule has 0 fully saturated rings. The molecule has 2 rings (SSSR count). The molecule has 0 aromatic heterocycles. The van der Waals surface area contributed by atoms with E-state index in [2.05, 4.69) is 75.8 Å². The molecule has 106 valence electrons. The average Bonchev–Trinajstić information content (AvgIpc) is 2.48. The molecule has 0 spiro atoms. The summed E-state index contributed by atoms with van der Waals surface area (Å²) in [5, 5.41) is 3.31. The minimum absolute atomic E-state index is 0.548. The normalized spacial score (nSPS) is 12.3. The fourth-order valence-corrected chi connectivity index (χ4v) is 3.85. The van der Waals surface area contributed by atoms with Gasteiger partial charge in [-0.15, -0.1) is 11.8 Å². The summed E-state index contributed by atoms with van der Waals surface area (Å²) in [5.74, 6) is 1.68. The van der Waals surface area contributed by atoms with Crippen molar-refractivity contribution in [1.82, 2.24) is 5.32 Å². The number of hydrogen-bond acceptors (Lipinski definition) is 2. The number of thioether (sulfide) groups is 1. The van der Waals surface area contributed by atoms with Gasteiger partial charge in [-0.05, 0) is 48.9 Å². The first-order valence-electron chi connectivity index (χ1n) is 6.88. The van der Waals surface area contributed by atoms with Crippen LogP contribution in [0.1, 0.15) is 17.9 Å². The highest BCUT2D eigenvalue weighted by Crippen LogP contribution is 2.29. The van der Waals surface area contributed by atoms with Crippen LogP contribution in [0.2, 0.25) is 0 Å². The van der Waals surface area contributed by atoms with Crippen LogP contribution in [0.15, 0.2) is 64.0 Å². The molecule has 0 aliphatic rings. The number of rotatable bonds is 7. The van der Waals surface area contributed by atoms with Crippen LogP contribution in [0.4, 0.5) is 0 Å². The highest BCUT2D eigenvalue weighted by molar-refractivity contribution is 9.10. The van der Waals surface area contributed by atoms with E-state index in [0.717, 1.165) is 12.3 Å². The Kier molecular flexibility index (Phi) is 6.64. The average molecular weight is 350 g/mol. The first kappa shape index (κ1) is 15.6. The molecule has 0 amide bonds. The van der Waals surface area contributed by atoms with Gasteiger partial charge >= 0.3 is 0 Å². The molecule has 1 unspecified atom stereocenters. The summed E-state index contributed by atoms with van der Waals surface area (Å²) in [6.45, 7) is 1.01. The van der Waals surface area contributed by atoms with Gasteiger partial charge in [-0.2, -0.15) is 0 Å². The highest BCUT2D eigenvalue weighted by Gasteiger charge is 2.13. The molecule has 0 heterocycles. The van der Waals surface area contributed by atoms with Gasteiger partial charge in [0.25, 0.3) is 0 Å². The summed E-state index contributed by atoms with van der Waals surface area (Å²) in [6, 6.07) is 19.2. The summed E-state index contributed by atoms with van der Waals surface area (Å²) in [6.07, 6.45) is 1.17. The van der Waals surface area contributed by atoms with Gasteiger partial charge in [0.05, 0.1) is 0 Å². The summed E-state index contributed by atoms with van der Waals surface area (Å²) in [7, 11) is 2.02. The van der Waals surface area contributed by atoms with Crippen LogP contribution in [-0.4, -0.2) is 19.3 Å². The van der Waals surface area contributed by atoms with Crippen molar-refractivity contribution in [1.29, 1.82) is 0 Å². The van der Waals surface area contributed by atoms with Crippen molar-refractivity contribution >= 4 is 27.7 Å². The first-order chi connectivity index (χ1) is 9.81. The molecule has 0 saturated heterocycles. The van der Waals surface area contributed by atoms with Crippen LogP contribution in [0, 0.1) is 0 Å². The third-order valence-corrected chi connectivity index (χ3v) is 5.04. The van der Waals surface area contributed by atoms with E-state index >= 15 is 0 Å². The Morgan fingerprint density at radius 1 is 1.05 bits per heavy atom. The maximum atomic E-state index is 3.67. The Morgan fingerprint density at radius 2 is 1.75 bits per heavy atom. The monoisotopic (exact) mass is 349 g/mol. The largest absolute Gasteiger partial charge is 0.319 e. The van der Waals surface area contributed by atoms with Gasteiger partial charge in [0.1, 0.15) is 0 Å². The summed E-state index contributed by atoms with van der Waals surface area (Å²) in [5.41, 5.74) is 1.40. The Bertz CT molecular complexity index is 515. The number of nitrogens with one attached hydrogen (secondary N) is 1. The molecule has 3 heteroatoms.